The number of rotatable bonds is 12. The van der Waals surface area contributed by atoms with E-state index in [9.17, 15) is 5.26 Å². The van der Waals surface area contributed by atoms with E-state index in [0.717, 1.165) is 36.4 Å². The Labute approximate surface area is 255 Å². The Hall–Kier alpha value is -3.87. The molecule has 0 unspecified atom stereocenters. The van der Waals surface area contributed by atoms with Gasteiger partial charge in [0, 0.05) is 42.4 Å². The highest BCUT2D eigenvalue weighted by atomic mass is 16.5. The molecule has 5 rings (SSSR count). The third-order valence-corrected chi connectivity index (χ3v) is 8.33. The summed E-state index contributed by atoms with van der Waals surface area (Å²) in [6, 6.07) is 16.0. The molecule has 2 aromatic carbocycles. The Balaban J connectivity index is 1.19. The van der Waals surface area contributed by atoms with Crippen LogP contribution < -0.4 is 19.5 Å². The van der Waals surface area contributed by atoms with Crippen molar-refractivity contribution in [1.29, 1.82) is 5.26 Å². The van der Waals surface area contributed by atoms with Crippen molar-refractivity contribution >= 4 is 11.6 Å². The maximum Gasteiger partial charge on any atom is 0.227 e. The molecule has 9 nitrogen and oxygen atoms in total. The molecule has 2 saturated heterocycles. The van der Waals surface area contributed by atoms with Crippen molar-refractivity contribution in [3.05, 3.63) is 54.2 Å². The van der Waals surface area contributed by atoms with E-state index in [2.05, 4.69) is 35.1 Å². The number of likely N-dealkylation sites (tertiary alicyclic amines) is 1. The van der Waals surface area contributed by atoms with Crippen LogP contribution in [0.5, 0.6) is 17.2 Å². The molecule has 3 aromatic rings. The van der Waals surface area contributed by atoms with Crippen LogP contribution in [-0.2, 0) is 4.74 Å². The molecule has 0 saturated carbocycles. The highest BCUT2D eigenvalue weighted by molar-refractivity contribution is 5.66. The molecule has 1 N–H and O–H groups in total. The molecule has 0 bridgehead atoms. The van der Waals surface area contributed by atoms with Crippen LogP contribution in [0, 0.1) is 17.2 Å². The van der Waals surface area contributed by atoms with Gasteiger partial charge in [-0.1, -0.05) is 0 Å². The van der Waals surface area contributed by atoms with Crippen LogP contribution in [0.25, 0.3) is 11.3 Å². The van der Waals surface area contributed by atoms with E-state index < -0.39 is 0 Å². The molecular weight excluding hydrogens is 542 g/mol. The molecule has 0 spiro atoms. The van der Waals surface area contributed by atoms with Gasteiger partial charge in [0.25, 0.3) is 0 Å². The van der Waals surface area contributed by atoms with Crippen LogP contribution >= 0.6 is 0 Å². The van der Waals surface area contributed by atoms with Gasteiger partial charge in [-0.05, 0) is 94.9 Å². The fraction of sp³-hybridized carbons (Fsp3) is 0.500. The fourth-order valence-corrected chi connectivity index (χ4v) is 5.74. The van der Waals surface area contributed by atoms with E-state index in [1.165, 1.54) is 32.4 Å². The Morgan fingerprint density at radius 1 is 1.02 bits per heavy atom. The van der Waals surface area contributed by atoms with Crippen LogP contribution in [0.4, 0.5) is 11.6 Å². The molecule has 43 heavy (non-hydrogen) atoms. The molecule has 0 radical (unpaired) electrons. The molecule has 2 aliphatic rings. The van der Waals surface area contributed by atoms with Gasteiger partial charge in [0.1, 0.15) is 17.9 Å². The first-order valence-corrected chi connectivity index (χ1v) is 15.5. The van der Waals surface area contributed by atoms with Gasteiger partial charge in [0.15, 0.2) is 11.5 Å². The molecule has 2 aliphatic heterocycles. The molecule has 2 fully saturated rings. The number of hydrogen-bond acceptors (Lipinski definition) is 9. The summed E-state index contributed by atoms with van der Waals surface area (Å²) in [6.45, 7) is 8.96. The summed E-state index contributed by atoms with van der Waals surface area (Å²) >= 11 is 0. The Morgan fingerprint density at radius 2 is 1.81 bits per heavy atom. The highest BCUT2D eigenvalue weighted by Crippen LogP contribution is 2.33. The summed E-state index contributed by atoms with van der Waals surface area (Å²) in [4.78, 5) is 11.7. The number of nitrogens with zero attached hydrogens (tertiary/aromatic N) is 4. The van der Waals surface area contributed by atoms with Gasteiger partial charge in [0.05, 0.1) is 38.2 Å². The molecule has 0 aliphatic carbocycles. The number of benzene rings is 2. The first-order chi connectivity index (χ1) is 21.0. The number of aromatic nitrogens is 2. The van der Waals surface area contributed by atoms with Gasteiger partial charge in [0.2, 0.25) is 5.95 Å². The van der Waals surface area contributed by atoms with Crippen molar-refractivity contribution in [3.8, 4) is 34.6 Å². The van der Waals surface area contributed by atoms with Gasteiger partial charge in [-0.15, -0.1) is 0 Å². The van der Waals surface area contributed by atoms with Crippen molar-refractivity contribution in [1.82, 2.24) is 14.9 Å². The smallest absolute Gasteiger partial charge is 0.227 e. The largest absolute Gasteiger partial charge is 0.493 e. The SMILES string of the molecule is COc1ccc(Nc2nccc(-c3ccc(OC4CCOCC4)c(C#N)c3)n2)cc1OCCCC1CCN(C(C)C)CC1. The zero-order chi connectivity index (χ0) is 30.0. The van der Waals surface area contributed by atoms with Crippen LogP contribution in [0.3, 0.4) is 0 Å². The number of anilines is 2. The fourth-order valence-electron chi connectivity index (χ4n) is 5.74. The monoisotopic (exact) mass is 585 g/mol. The van der Waals surface area contributed by atoms with Crippen molar-refractivity contribution in [2.24, 2.45) is 5.92 Å². The molecule has 3 heterocycles. The number of ether oxygens (including phenoxy) is 4. The molecule has 0 atom stereocenters. The van der Waals surface area contributed by atoms with E-state index in [4.69, 9.17) is 23.9 Å². The lowest BCUT2D eigenvalue weighted by Gasteiger charge is -2.34. The lowest BCUT2D eigenvalue weighted by atomic mass is 9.92. The maximum atomic E-state index is 9.79. The van der Waals surface area contributed by atoms with Crippen LogP contribution in [-0.4, -0.2) is 67.0 Å². The zero-order valence-electron chi connectivity index (χ0n) is 25.6. The lowest BCUT2D eigenvalue weighted by Crippen LogP contribution is -2.38. The zero-order valence-corrected chi connectivity index (χ0v) is 25.6. The van der Waals surface area contributed by atoms with Crippen molar-refractivity contribution in [2.75, 3.05) is 45.3 Å². The van der Waals surface area contributed by atoms with Gasteiger partial charge >= 0.3 is 0 Å². The average Bonchev–Trinajstić information content (AvgIpc) is 3.04. The quantitative estimate of drug-likeness (QED) is 0.235. The standard InChI is InChI=1S/C34H43N5O4/c1-24(2)39-16-11-25(12-17-39)5-4-18-42-33-22-28(7-9-32(33)40-3)37-34-36-15-10-30(38-34)26-6-8-31(27(21-26)23-35)43-29-13-19-41-20-14-29/h6-10,15,21-22,24-25,29H,4-5,11-14,16-20H2,1-3H3,(H,36,37,38). The second-order valence-corrected chi connectivity index (χ2v) is 11.6. The number of hydrogen-bond donors (Lipinski definition) is 1. The summed E-state index contributed by atoms with van der Waals surface area (Å²) < 4.78 is 23.3. The van der Waals surface area contributed by atoms with E-state index in [0.29, 0.717) is 60.3 Å². The maximum absolute atomic E-state index is 9.79. The van der Waals surface area contributed by atoms with Crippen LogP contribution in [0.15, 0.2) is 48.7 Å². The first-order valence-electron chi connectivity index (χ1n) is 15.5. The molecule has 228 valence electrons. The van der Waals surface area contributed by atoms with E-state index in [1.54, 1.807) is 13.3 Å². The summed E-state index contributed by atoms with van der Waals surface area (Å²) in [5.74, 6) is 3.20. The topological polar surface area (TPSA) is 102 Å². The minimum atomic E-state index is 0.0628. The number of nitrogens with one attached hydrogen (secondary N) is 1. The molecule has 0 amide bonds. The predicted molar refractivity (Wildman–Crippen MR) is 167 cm³/mol. The van der Waals surface area contributed by atoms with Gasteiger partial charge in [-0.25, -0.2) is 9.97 Å². The van der Waals surface area contributed by atoms with Crippen LogP contribution in [0.1, 0.15) is 57.9 Å². The van der Waals surface area contributed by atoms with Crippen molar-refractivity contribution < 1.29 is 18.9 Å². The summed E-state index contributed by atoms with van der Waals surface area (Å²) in [5, 5.41) is 13.1. The van der Waals surface area contributed by atoms with E-state index >= 15 is 0 Å². The Kier molecular flexibility index (Phi) is 10.7. The van der Waals surface area contributed by atoms with Gasteiger partial charge in [-0.2, -0.15) is 5.26 Å². The lowest BCUT2D eigenvalue weighted by molar-refractivity contribution is 0.0254. The number of nitriles is 1. The van der Waals surface area contributed by atoms with E-state index in [-0.39, 0.29) is 6.10 Å². The number of piperidine rings is 1. The second kappa shape index (κ2) is 15.0. The predicted octanol–water partition coefficient (Wildman–Crippen LogP) is 6.60. The van der Waals surface area contributed by atoms with Gasteiger partial charge < -0.3 is 29.2 Å². The van der Waals surface area contributed by atoms with E-state index in [1.807, 2.05) is 42.5 Å². The average molecular weight is 586 g/mol. The second-order valence-electron chi connectivity index (χ2n) is 11.6. The summed E-state index contributed by atoms with van der Waals surface area (Å²) in [7, 11) is 1.65. The third kappa shape index (κ3) is 8.37. The van der Waals surface area contributed by atoms with Crippen molar-refractivity contribution in [3.63, 3.8) is 0 Å². The minimum absolute atomic E-state index is 0.0628. The number of methoxy groups -OCH3 is 1. The minimum Gasteiger partial charge on any atom is -0.493 e. The first kappa shape index (κ1) is 30.6. The highest BCUT2D eigenvalue weighted by Gasteiger charge is 2.21. The third-order valence-electron chi connectivity index (χ3n) is 8.33. The Bertz CT molecular complexity index is 1380. The summed E-state index contributed by atoms with van der Waals surface area (Å²) in [6.07, 6.45) is 8.15. The molecule has 9 heteroatoms. The normalized spacial score (nSPS) is 16.5. The summed E-state index contributed by atoms with van der Waals surface area (Å²) in [5.41, 5.74) is 2.80. The Morgan fingerprint density at radius 3 is 2.56 bits per heavy atom. The van der Waals surface area contributed by atoms with Gasteiger partial charge in [-0.3, -0.25) is 0 Å². The van der Waals surface area contributed by atoms with Crippen molar-refractivity contribution in [2.45, 2.75) is 64.5 Å². The van der Waals surface area contributed by atoms with Crippen LogP contribution in [0.2, 0.25) is 0 Å². The molecular formula is C34H43N5O4. The molecule has 1 aromatic heterocycles.